The van der Waals surface area contributed by atoms with Crippen LogP contribution in [-0.4, -0.2) is 25.2 Å². The molecule has 0 aliphatic heterocycles. The normalized spacial score (nSPS) is 11.3. The lowest BCUT2D eigenvalue weighted by atomic mass is 10.0. The first-order chi connectivity index (χ1) is 13.3. The van der Waals surface area contributed by atoms with Gasteiger partial charge in [0, 0.05) is 25.0 Å². The first-order valence-corrected chi connectivity index (χ1v) is 8.46. The third-order valence-corrected chi connectivity index (χ3v) is 4.62. The molecule has 0 fully saturated rings. The van der Waals surface area contributed by atoms with E-state index in [9.17, 15) is 14.7 Å². The van der Waals surface area contributed by atoms with Gasteiger partial charge < -0.3 is 14.0 Å². The first kappa shape index (κ1) is 17.7. The van der Waals surface area contributed by atoms with Gasteiger partial charge in [-0.05, 0) is 25.0 Å². The maximum atomic E-state index is 15.0. The van der Waals surface area contributed by atoms with E-state index in [4.69, 9.17) is 4.52 Å². The Balaban J connectivity index is 1.85. The minimum atomic E-state index is -1.29. The van der Waals surface area contributed by atoms with Crippen LogP contribution in [0.15, 0.2) is 46.0 Å². The SMILES string of the molecule is Cc1cn2cc(-c3ccc(-c4c(C)on(C)c4=O)cc3)c(F)c2c(C(=O)O)n1. The van der Waals surface area contributed by atoms with Crippen LogP contribution in [0.1, 0.15) is 21.9 Å². The van der Waals surface area contributed by atoms with Crippen LogP contribution in [-0.2, 0) is 7.05 Å². The molecule has 7 nitrogen and oxygen atoms in total. The molecule has 0 spiro atoms. The van der Waals surface area contributed by atoms with E-state index in [-0.39, 0.29) is 22.3 Å². The van der Waals surface area contributed by atoms with Gasteiger partial charge in [-0.25, -0.2) is 14.2 Å². The van der Waals surface area contributed by atoms with Crippen molar-refractivity contribution in [2.75, 3.05) is 0 Å². The molecule has 0 radical (unpaired) electrons. The predicted octanol–water partition coefficient (Wildman–Crippen LogP) is 3.41. The Morgan fingerprint density at radius 2 is 1.79 bits per heavy atom. The average Bonchev–Trinajstić information content (AvgIpc) is 3.10. The average molecular weight is 381 g/mol. The summed E-state index contributed by atoms with van der Waals surface area (Å²) in [6.45, 7) is 3.35. The maximum absolute atomic E-state index is 15.0. The van der Waals surface area contributed by atoms with Gasteiger partial charge in [0.25, 0.3) is 5.56 Å². The number of benzene rings is 1. The number of hydrogen-bond acceptors (Lipinski definition) is 4. The van der Waals surface area contributed by atoms with Crippen LogP contribution < -0.4 is 5.56 Å². The molecular formula is C20H16FN3O4. The standard InChI is InChI=1S/C20H16FN3O4/c1-10-8-24-9-14(16(21)18(24)17(22-10)20(26)27)12-4-6-13(7-5-12)15-11(2)28-23(3)19(15)25/h4-9H,1-3H3,(H,26,27). The number of halogens is 1. The minimum Gasteiger partial charge on any atom is -0.476 e. The van der Waals surface area contributed by atoms with Gasteiger partial charge in [-0.2, -0.15) is 4.74 Å². The number of carboxylic acids is 1. The molecule has 28 heavy (non-hydrogen) atoms. The summed E-state index contributed by atoms with van der Waals surface area (Å²) in [6, 6.07) is 6.77. The van der Waals surface area contributed by atoms with Gasteiger partial charge in [-0.1, -0.05) is 24.3 Å². The van der Waals surface area contributed by atoms with E-state index in [0.717, 1.165) is 4.74 Å². The first-order valence-electron chi connectivity index (χ1n) is 8.46. The minimum absolute atomic E-state index is 0.0864. The molecule has 4 rings (SSSR count). The Morgan fingerprint density at radius 3 is 2.36 bits per heavy atom. The highest BCUT2D eigenvalue weighted by Gasteiger charge is 2.21. The number of fused-ring (bicyclic) bond motifs is 1. The van der Waals surface area contributed by atoms with Crippen LogP contribution in [0.2, 0.25) is 0 Å². The highest BCUT2D eigenvalue weighted by Crippen LogP contribution is 2.31. The molecule has 3 aromatic heterocycles. The highest BCUT2D eigenvalue weighted by molar-refractivity contribution is 5.95. The molecule has 0 bridgehead atoms. The zero-order valence-corrected chi connectivity index (χ0v) is 15.4. The summed E-state index contributed by atoms with van der Waals surface area (Å²) in [5.41, 5.74) is 1.70. The second-order valence-electron chi connectivity index (χ2n) is 6.55. The van der Waals surface area contributed by atoms with Gasteiger partial charge in [0.1, 0.15) is 11.3 Å². The lowest BCUT2D eigenvalue weighted by Crippen LogP contribution is -2.11. The fourth-order valence-corrected chi connectivity index (χ4v) is 3.38. The van der Waals surface area contributed by atoms with Crippen molar-refractivity contribution in [3.63, 3.8) is 0 Å². The van der Waals surface area contributed by atoms with Crippen molar-refractivity contribution in [3.8, 4) is 22.3 Å². The van der Waals surface area contributed by atoms with Crippen LogP contribution in [0, 0.1) is 19.7 Å². The lowest BCUT2D eigenvalue weighted by Gasteiger charge is -2.02. The monoisotopic (exact) mass is 381 g/mol. The van der Waals surface area contributed by atoms with Gasteiger partial charge in [-0.3, -0.25) is 4.79 Å². The van der Waals surface area contributed by atoms with E-state index in [1.165, 1.54) is 17.6 Å². The molecule has 0 unspecified atom stereocenters. The molecule has 0 aliphatic carbocycles. The Morgan fingerprint density at radius 1 is 1.14 bits per heavy atom. The van der Waals surface area contributed by atoms with Crippen LogP contribution in [0.25, 0.3) is 27.8 Å². The molecule has 0 amide bonds. The Labute approximate surface area is 158 Å². The second kappa shape index (κ2) is 6.19. The van der Waals surface area contributed by atoms with E-state index in [1.54, 1.807) is 44.3 Å². The van der Waals surface area contributed by atoms with Crippen LogP contribution in [0.4, 0.5) is 4.39 Å². The Bertz CT molecular complexity index is 1300. The number of aromatic carboxylic acids is 1. The molecule has 4 aromatic rings. The summed E-state index contributed by atoms with van der Waals surface area (Å²) in [5, 5.41) is 9.35. The van der Waals surface area contributed by atoms with Crippen molar-refractivity contribution in [2.24, 2.45) is 7.05 Å². The van der Waals surface area contributed by atoms with Crippen molar-refractivity contribution < 1.29 is 18.8 Å². The maximum Gasteiger partial charge on any atom is 0.356 e. The van der Waals surface area contributed by atoms with Crippen molar-refractivity contribution in [2.45, 2.75) is 13.8 Å². The largest absolute Gasteiger partial charge is 0.476 e. The van der Waals surface area contributed by atoms with E-state index in [1.807, 2.05) is 0 Å². The smallest absolute Gasteiger partial charge is 0.356 e. The summed E-state index contributed by atoms with van der Waals surface area (Å²) >= 11 is 0. The molecule has 0 atom stereocenters. The number of rotatable bonds is 3. The quantitative estimate of drug-likeness (QED) is 0.587. The van der Waals surface area contributed by atoms with Gasteiger partial charge in [-0.15, -0.1) is 0 Å². The molecule has 0 aliphatic rings. The number of hydrogen-bond donors (Lipinski definition) is 1. The summed E-state index contributed by atoms with van der Waals surface area (Å²) < 4.78 is 22.9. The molecule has 0 saturated carbocycles. The zero-order chi connectivity index (χ0) is 20.2. The fraction of sp³-hybridized carbons (Fsp3) is 0.150. The molecule has 142 valence electrons. The van der Waals surface area contributed by atoms with Crippen LogP contribution in [0.5, 0.6) is 0 Å². The third kappa shape index (κ3) is 2.61. The molecule has 3 heterocycles. The molecule has 8 heteroatoms. The number of carbonyl (C=O) groups is 1. The number of nitrogens with zero attached hydrogens (tertiary/aromatic N) is 3. The van der Waals surface area contributed by atoms with E-state index in [0.29, 0.717) is 28.1 Å². The van der Waals surface area contributed by atoms with Crippen molar-refractivity contribution >= 4 is 11.5 Å². The molecular weight excluding hydrogens is 365 g/mol. The Hall–Kier alpha value is -3.68. The van der Waals surface area contributed by atoms with Gasteiger partial charge >= 0.3 is 5.97 Å². The fourth-order valence-electron chi connectivity index (χ4n) is 3.38. The van der Waals surface area contributed by atoms with Crippen molar-refractivity contribution in [3.05, 3.63) is 70.0 Å². The summed E-state index contributed by atoms with van der Waals surface area (Å²) in [4.78, 5) is 27.6. The van der Waals surface area contributed by atoms with Crippen LogP contribution >= 0.6 is 0 Å². The van der Waals surface area contributed by atoms with Crippen LogP contribution in [0.3, 0.4) is 0 Å². The number of aromatic nitrogens is 3. The second-order valence-corrected chi connectivity index (χ2v) is 6.55. The summed E-state index contributed by atoms with van der Waals surface area (Å²) in [7, 11) is 1.53. The van der Waals surface area contributed by atoms with Gasteiger partial charge in [0.05, 0.1) is 11.3 Å². The van der Waals surface area contributed by atoms with Crippen molar-refractivity contribution in [1.29, 1.82) is 0 Å². The van der Waals surface area contributed by atoms with Gasteiger partial charge in [0.2, 0.25) is 0 Å². The van der Waals surface area contributed by atoms with E-state index in [2.05, 4.69) is 4.98 Å². The van der Waals surface area contributed by atoms with Crippen molar-refractivity contribution in [1.82, 2.24) is 14.1 Å². The van der Waals surface area contributed by atoms with E-state index < -0.39 is 11.8 Å². The number of carboxylic acid groups (broad SMARTS) is 1. The molecule has 1 aromatic carbocycles. The lowest BCUT2D eigenvalue weighted by molar-refractivity contribution is 0.0691. The molecule has 1 N–H and O–H groups in total. The number of aryl methyl sites for hydroxylation is 3. The Kier molecular flexibility index (Phi) is 3.92. The summed E-state index contributed by atoms with van der Waals surface area (Å²) in [5.74, 6) is -1.46. The van der Waals surface area contributed by atoms with E-state index >= 15 is 4.39 Å². The van der Waals surface area contributed by atoms with Gasteiger partial charge in [0.15, 0.2) is 11.5 Å². The third-order valence-electron chi connectivity index (χ3n) is 4.62. The summed E-state index contributed by atoms with van der Waals surface area (Å²) in [6.07, 6.45) is 3.10. The molecule has 0 saturated heterocycles. The predicted molar refractivity (Wildman–Crippen MR) is 100.0 cm³/mol. The highest BCUT2D eigenvalue weighted by atomic mass is 19.1. The topological polar surface area (TPSA) is 89.7 Å². The zero-order valence-electron chi connectivity index (χ0n) is 15.4.